The number of rotatable bonds is 4. The second-order valence-electron chi connectivity index (χ2n) is 6.46. The Labute approximate surface area is 151 Å². The molecule has 25 heavy (non-hydrogen) atoms. The fraction of sp³-hybridized carbons (Fsp3) is 0.316. The van der Waals surface area contributed by atoms with Gasteiger partial charge in [0.25, 0.3) is 5.69 Å². The van der Waals surface area contributed by atoms with Gasteiger partial charge in [0.15, 0.2) is 5.78 Å². The Morgan fingerprint density at radius 2 is 1.80 bits per heavy atom. The predicted octanol–water partition coefficient (Wildman–Crippen LogP) is 4.72. The first-order valence-electron chi connectivity index (χ1n) is 8.29. The zero-order valence-corrected chi connectivity index (χ0v) is 14.7. The van der Waals surface area contributed by atoms with Gasteiger partial charge >= 0.3 is 0 Å². The van der Waals surface area contributed by atoms with Crippen molar-refractivity contribution in [1.82, 2.24) is 0 Å². The molecular formula is C19H19ClN2O3. The van der Waals surface area contributed by atoms with Gasteiger partial charge in [0.05, 0.1) is 10.5 Å². The molecule has 0 unspecified atom stereocenters. The van der Waals surface area contributed by atoms with Crippen LogP contribution in [0.5, 0.6) is 0 Å². The van der Waals surface area contributed by atoms with Crippen LogP contribution in [-0.4, -0.2) is 23.8 Å². The van der Waals surface area contributed by atoms with E-state index in [1.165, 1.54) is 12.1 Å². The van der Waals surface area contributed by atoms with Crippen LogP contribution in [0.2, 0.25) is 5.02 Å². The quantitative estimate of drug-likeness (QED) is 0.451. The van der Waals surface area contributed by atoms with Crippen molar-refractivity contribution in [2.24, 2.45) is 5.92 Å². The molecule has 0 amide bonds. The Morgan fingerprint density at radius 3 is 2.40 bits per heavy atom. The van der Waals surface area contributed by atoms with Gasteiger partial charge in [-0.2, -0.15) is 0 Å². The van der Waals surface area contributed by atoms with Crippen molar-refractivity contribution in [3.63, 3.8) is 0 Å². The van der Waals surface area contributed by atoms with Crippen molar-refractivity contribution in [1.29, 1.82) is 0 Å². The number of carbonyl (C=O) groups excluding carboxylic acids is 1. The molecular weight excluding hydrogens is 340 g/mol. The highest BCUT2D eigenvalue weighted by molar-refractivity contribution is 6.30. The number of hydrogen-bond donors (Lipinski definition) is 0. The van der Waals surface area contributed by atoms with Gasteiger partial charge in [-0.1, -0.05) is 18.5 Å². The van der Waals surface area contributed by atoms with Crippen LogP contribution in [0.1, 0.15) is 35.7 Å². The molecule has 1 aliphatic rings. The minimum atomic E-state index is -0.472. The topological polar surface area (TPSA) is 63.4 Å². The van der Waals surface area contributed by atoms with Gasteiger partial charge in [0.1, 0.15) is 0 Å². The molecule has 0 saturated carbocycles. The summed E-state index contributed by atoms with van der Waals surface area (Å²) in [7, 11) is 0. The average Bonchev–Trinajstić information content (AvgIpc) is 2.62. The average molecular weight is 359 g/mol. The highest BCUT2D eigenvalue weighted by Gasteiger charge is 2.24. The third-order valence-corrected chi connectivity index (χ3v) is 4.92. The van der Waals surface area contributed by atoms with Gasteiger partial charge in [-0.3, -0.25) is 14.9 Å². The maximum absolute atomic E-state index is 13.0. The number of anilines is 1. The zero-order valence-electron chi connectivity index (χ0n) is 13.9. The van der Waals surface area contributed by atoms with E-state index in [0.717, 1.165) is 31.6 Å². The van der Waals surface area contributed by atoms with E-state index in [-0.39, 0.29) is 11.5 Å². The molecule has 0 aromatic heterocycles. The highest BCUT2D eigenvalue weighted by Crippen LogP contribution is 2.31. The molecule has 1 heterocycles. The van der Waals surface area contributed by atoms with E-state index in [1.807, 2.05) is 0 Å². The fourth-order valence-corrected chi connectivity index (χ4v) is 3.23. The largest absolute Gasteiger partial charge is 0.371 e. The Kier molecular flexibility index (Phi) is 5.04. The second kappa shape index (κ2) is 7.23. The standard InChI is InChI=1S/C19H19ClN2O3/c1-13-8-10-21(11-9-13)18-7-6-16(22(24)25)12-17(18)19(23)14-2-4-15(20)5-3-14/h2-7,12-13H,8-11H2,1H3. The maximum Gasteiger partial charge on any atom is 0.270 e. The molecule has 0 atom stereocenters. The number of nitrogens with zero attached hydrogens (tertiary/aromatic N) is 2. The summed E-state index contributed by atoms with van der Waals surface area (Å²) >= 11 is 5.89. The monoisotopic (exact) mass is 358 g/mol. The third-order valence-electron chi connectivity index (χ3n) is 4.67. The molecule has 3 rings (SSSR count). The molecule has 0 bridgehead atoms. The van der Waals surface area contributed by atoms with E-state index < -0.39 is 4.92 Å². The molecule has 2 aromatic rings. The van der Waals surface area contributed by atoms with Gasteiger partial charge in [-0.25, -0.2) is 0 Å². The normalized spacial score (nSPS) is 15.2. The van der Waals surface area contributed by atoms with Crippen molar-refractivity contribution in [2.75, 3.05) is 18.0 Å². The Balaban J connectivity index is 2.02. The van der Waals surface area contributed by atoms with Gasteiger partial charge in [-0.05, 0) is 49.1 Å². The molecule has 0 radical (unpaired) electrons. The van der Waals surface area contributed by atoms with Crippen molar-refractivity contribution in [3.8, 4) is 0 Å². The van der Waals surface area contributed by atoms with Crippen LogP contribution in [0, 0.1) is 16.0 Å². The first-order valence-corrected chi connectivity index (χ1v) is 8.67. The van der Waals surface area contributed by atoms with E-state index in [4.69, 9.17) is 11.6 Å². The van der Waals surface area contributed by atoms with Gasteiger partial charge in [0.2, 0.25) is 0 Å². The van der Waals surface area contributed by atoms with E-state index in [0.29, 0.717) is 22.1 Å². The third kappa shape index (κ3) is 3.82. The number of nitro benzene ring substituents is 1. The highest BCUT2D eigenvalue weighted by atomic mass is 35.5. The minimum Gasteiger partial charge on any atom is -0.371 e. The lowest BCUT2D eigenvalue weighted by Gasteiger charge is -2.33. The van der Waals surface area contributed by atoms with Gasteiger partial charge in [0, 0.05) is 41.5 Å². The minimum absolute atomic E-state index is 0.0774. The molecule has 6 heteroatoms. The Hall–Kier alpha value is -2.40. The van der Waals surface area contributed by atoms with E-state index in [2.05, 4.69) is 11.8 Å². The van der Waals surface area contributed by atoms with Crippen LogP contribution >= 0.6 is 11.6 Å². The van der Waals surface area contributed by atoms with Crippen LogP contribution in [0.25, 0.3) is 0 Å². The summed E-state index contributed by atoms with van der Waals surface area (Å²) in [6.45, 7) is 3.91. The molecule has 1 aliphatic heterocycles. The fourth-order valence-electron chi connectivity index (χ4n) is 3.10. The lowest BCUT2D eigenvalue weighted by atomic mass is 9.96. The summed E-state index contributed by atoms with van der Waals surface area (Å²) in [5.74, 6) is 0.429. The Bertz CT molecular complexity index is 797. The number of nitro groups is 1. The molecule has 0 aliphatic carbocycles. The van der Waals surface area contributed by atoms with Gasteiger partial charge < -0.3 is 4.90 Å². The van der Waals surface area contributed by atoms with Crippen molar-refractivity contribution < 1.29 is 9.72 Å². The maximum atomic E-state index is 13.0. The summed E-state index contributed by atoms with van der Waals surface area (Å²) in [6.07, 6.45) is 2.09. The smallest absolute Gasteiger partial charge is 0.270 e. The number of halogens is 1. The van der Waals surface area contributed by atoms with Crippen LogP contribution in [-0.2, 0) is 0 Å². The van der Waals surface area contributed by atoms with Crippen molar-refractivity contribution in [3.05, 3.63) is 68.7 Å². The number of non-ortho nitro benzene ring substituents is 1. The lowest BCUT2D eigenvalue weighted by molar-refractivity contribution is -0.384. The summed E-state index contributed by atoms with van der Waals surface area (Å²) in [5, 5.41) is 11.7. The molecule has 0 N–H and O–H groups in total. The van der Waals surface area contributed by atoms with Crippen LogP contribution in [0.15, 0.2) is 42.5 Å². The van der Waals surface area contributed by atoms with Crippen molar-refractivity contribution >= 4 is 28.8 Å². The van der Waals surface area contributed by atoms with E-state index in [9.17, 15) is 14.9 Å². The van der Waals surface area contributed by atoms with Gasteiger partial charge in [-0.15, -0.1) is 0 Å². The lowest BCUT2D eigenvalue weighted by Crippen LogP contribution is -2.33. The predicted molar refractivity (Wildman–Crippen MR) is 98.6 cm³/mol. The SMILES string of the molecule is CC1CCN(c2ccc([N+](=O)[O-])cc2C(=O)c2ccc(Cl)cc2)CC1. The van der Waals surface area contributed by atoms with Crippen molar-refractivity contribution in [2.45, 2.75) is 19.8 Å². The summed E-state index contributed by atoms with van der Waals surface area (Å²) in [4.78, 5) is 25.8. The zero-order chi connectivity index (χ0) is 18.0. The number of benzene rings is 2. The molecule has 5 nitrogen and oxygen atoms in total. The van der Waals surface area contributed by atoms with E-state index >= 15 is 0 Å². The summed E-state index contributed by atoms with van der Waals surface area (Å²) < 4.78 is 0. The number of hydrogen-bond acceptors (Lipinski definition) is 4. The van der Waals surface area contributed by atoms with Crippen LogP contribution in [0.3, 0.4) is 0 Å². The first-order chi connectivity index (χ1) is 12.0. The summed E-state index contributed by atoms with van der Waals surface area (Å²) in [6, 6.07) is 11.1. The molecule has 2 aromatic carbocycles. The summed E-state index contributed by atoms with van der Waals surface area (Å²) in [5.41, 5.74) is 1.52. The number of carbonyl (C=O) groups is 1. The van der Waals surface area contributed by atoms with Crippen LogP contribution in [0.4, 0.5) is 11.4 Å². The number of piperidine rings is 1. The molecule has 130 valence electrons. The molecule has 1 fully saturated rings. The van der Waals surface area contributed by atoms with Crippen LogP contribution < -0.4 is 4.90 Å². The first kappa shape index (κ1) is 17.4. The Morgan fingerprint density at radius 1 is 1.16 bits per heavy atom. The van der Waals surface area contributed by atoms with E-state index in [1.54, 1.807) is 30.3 Å². The molecule has 0 spiro atoms. The second-order valence-corrected chi connectivity index (χ2v) is 6.90. The number of ketones is 1. The molecule has 1 saturated heterocycles.